The van der Waals surface area contributed by atoms with Gasteiger partial charge in [-0.15, -0.1) is 5.75 Å². The van der Waals surface area contributed by atoms with Gasteiger partial charge in [0.05, 0.1) is 16.9 Å². The fourth-order valence-corrected chi connectivity index (χ4v) is 9.84. The largest absolute Gasteiger partial charge is 1.00 e. The minimum Gasteiger partial charge on any atom is -0.872 e. The van der Waals surface area contributed by atoms with E-state index in [-0.39, 0.29) is 57.6 Å². The molecule has 0 atom stereocenters. The van der Waals surface area contributed by atoms with Gasteiger partial charge in [-0.3, -0.25) is 9.11 Å². The van der Waals surface area contributed by atoms with Crippen molar-refractivity contribution in [3.05, 3.63) is 136 Å². The van der Waals surface area contributed by atoms with E-state index < -0.39 is 20.2 Å². The van der Waals surface area contributed by atoms with Crippen LogP contribution in [0.15, 0.2) is 120 Å². The molecule has 0 unspecified atom stereocenters. The molecule has 1 aliphatic carbocycles. The van der Waals surface area contributed by atoms with Crippen molar-refractivity contribution in [1.82, 2.24) is 5.32 Å². The quantitative estimate of drug-likeness (QED) is 0.0746. The fourth-order valence-electron chi connectivity index (χ4n) is 8.71. The number of hydrogen-bond acceptors (Lipinski definition) is 7. The van der Waals surface area contributed by atoms with Crippen molar-refractivity contribution in [1.29, 1.82) is 0 Å². The molecule has 10 nitrogen and oxygen atoms in total. The average Bonchev–Trinajstić information content (AvgIpc) is 3.52. The maximum atomic E-state index is 11.8. The van der Waals surface area contributed by atoms with Crippen LogP contribution in [0.1, 0.15) is 89.3 Å². The summed E-state index contributed by atoms with van der Waals surface area (Å²) < 4.78 is 66.8. The Hall–Kier alpha value is -3.49. The van der Waals surface area contributed by atoms with Crippen LogP contribution in [-0.2, 0) is 37.5 Å². The molecule has 310 valence electrons. The summed E-state index contributed by atoms with van der Waals surface area (Å²) in [6.45, 7) is 10.8. The zero-order valence-electron chi connectivity index (χ0n) is 35.1. The summed E-state index contributed by atoms with van der Waals surface area (Å²) in [4.78, 5) is 2.29. The molecule has 6 rings (SSSR count). The number of fused-ring (bicyclic) bond motifs is 2. The molecule has 0 saturated heterocycles. The van der Waals surface area contributed by atoms with Crippen molar-refractivity contribution in [2.75, 3.05) is 36.0 Å². The summed E-state index contributed by atoms with van der Waals surface area (Å²) in [6, 6.07) is 23.7. The predicted octanol–water partition coefficient (Wildman–Crippen LogP) is 4.91. The SMILES string of the molecule is CC1(C)C(=CC=C2CCCC(C=CC3=[N+](CCCCS(=O)(=O)O)c4ccccc4C3(C)C)=C2NCCc2ccc([O-])cc2)N(CCCCS(=O)(=O)O)c2ccccc21.[Na+]. The molecule has 0 spiro atoms. The summed E-state index contributed by atoms with van der Waals surface area (Å²) in [5.41, 5.74) is 10.8. The van der Waals surface area contributed by atoms with Crippen LogP contribution in [-0.4, -0.2) is 67.4 Å². The first-order chi connectivity index (χ1) is 27.5. The Morgan fingerprint density at radius 3 is 2.12 bits per heavy atom. The van der Waals surface area contributed by atoms with Crippen LogP contribution in [0.25, 0.3) is 0 Å². The summed E-state index contributed by atoms with van der Waals surface area (Å²) >= 11 is 0. The van der Waals surface area contributed by atoms with E-state index in [2.05, 4.69) is 103 Å². The monoisotopic (exact) mass is 850 g/mol. The first-order valence-electron chi connectivity index (χ1n) is 20.3. The van der Waals surface area contributed by atoms with Gasteiger partial charge >= 0.3 is 29.6 Å². The van der Waals surface area contributed by atoms with Crippen LogP contribution in [0.2, 0.25) is 0 Å². The maximum absolute atomic E-state index is 11.8. The minimum absolute atomic E-state index is 0. The number of nitrogens with one attached hydrogen (secondary N) is 1. The van der Waals surface area contributed by atoms with Gasteiger partial charge in [0.1, 0.15) is 6.54 Å². The van der Waals surface area contributed by atoms with Gasteiger partial charge in [0, 0.05) is 59.7 Å². The van der Waals surface area contributed by atoms with Gasteiger partial charge in [-0.2, -0.15) is 21.4 Å². The number of unbranched alkanes of at least 4 members (excludes halogenated alkanes) is 2. The Morgan fingerprint density at radius 1 is 0.780 bits per heavy atom. The van der Waals surface area contributed by atoms with Gasteiger partial charge in [-0.25, -0.2) is 0 Å². The van der Waals surface area contributed by atoms with Crippen molar-refractivity contribution in [2.24, 2.45) is 0 Å². The number of rotatable bonds is 17. The van der Waals surface area contributed by atoms with E-state index >= 15 is 0 Å². The number of benzene rings is 3. The van der Waals surface area contributed by atoms with E-state index in [0.717, 1.165) is 59.7 Å². The topological polar surface area (TPSA) is 150 Å². The van der Waals surface area contributed by atoms with Crippen molar-refractivity contribution < 1.29 is 65.2 Å². The molecule has 0 amide bonds. The smallest absolute Gasteiger partial charge is 0.872 e. The molecule has 0 bridgehead atoms. The normalized spacial score (nSPS) is 18.8. The molecule has 3 N–H and O–H groups in total. The van der Waals surface area contributed by atoms with Crippen molar-refractivity contribution in [3.8, 4) is 5.75 Å². The second kappa shape index (κ2) is 19.5. The molecule has 3 aromatic rings. The van der Waals surface area contributed by atoms with Crippen LogP contribution in [0, 0.1) is 0 Å². The maximum Gasteiger partial charge on any atom is 1.00 e. The van der Waals surface area contributed by atoms with Gasteiger partial charge < -0.3 is 15.3 Å². The summed E-state index contributed by atoms with van der Waals surface area (Å²) in [5.74, 6) is -0.537. The summed E-state index contributed by atoms with van der Waals surface area (Å²) in [5, 5.41) is 15.6. The minimum atomic E-state index is -4.03. The molecule has 0 fully saturated rings. The predicted molar refractivity (Wildman–Crippen MR) is 231 cm³/mol. The second-order valence-electron chi connectivity index (χ2n) is 16.6. The van der Waals surface area contributed by atoms with Gasteiger partial charge in [-0.05, 0) is 93.2 Å². The Balaban J connectivity index is 0.00000661. The number of nitrogens with zero attached hydrogens (tertiary/aromatic N) is 2. The Bertz CT molecular complexity index is 2380. The number of para-hydroxylation sites is 2. The first kappa shape index (κ1) is 46.6. The number of allylic oxidation sites excluding steroid dienone is 7. The standard InChI is InChI=1S/C46H57N3O7S2.Na/c1-45(2)38-16-5-7-18-40(38)48(30-9-11-32-57(51,52)53)42(45)26-22-35-14-13-15-36(44(35)47-29-28-34-20-24-37(50)25-21-34)23-27-43-46(3,4)39-17-6-8-19-41(39)49(43)31-10-12-33-58(54,55)56;/h5-8,16-27H,9-15,28-33H2,1-4H3,(H3,50,51,52,53,54,55,56);/q;+1. The van der Waals surface area contributed by atoms with E-state index in [1.807, 2.05) is 24.3 Å². The van der Waals surface area contributed by atoms with Crippen LogP contribution < -0.4 is 44.9 Å². The van der Waals surface area contributed by atoms with Gasteiger partial charge in [0.2, 0.25) is 5.69 Å². The molecular formula is C46H57N3NaO7S2+. The van der Waals surface area contributed by atoms with Crippen LogP contribution in [0.4, 0.5) is 11.4 Å². The molecule has 0 radical (unpaired) electrons. The molecule has 0 saturated carbocycles. The van der Waals surface area contributed by atoms with Crippen LogP contribution in [0.3, 0.4) is 0 Å². The first-order valence-corrected chi connectivity index (χ1v) is 23.5. The second-order valence-corrected chi connectivity index (χ2v) is 19.8. The Labute approximate surface area is 373 Å². The molecule has 13 heteroatoms. The molecule has 0 aromatic heterocycles. The van der Waals surface area contributed by atoms with Gasteiger partial charge in [-0.1, -0.05) is 86.7 Å². The molecule has 59 heavy (non-hydrogen) atoms. The van der Waals surface area contributed by atoms with E-state index in [4.69, 9.17) is 0 Å². The molecule has 2 aliphatic heterocycles. The van der Waals surface area contributed by atoms with Gasteiger partial charge in [0.15, 0.2) is 5.71 Å². The van der Waals surface area contributed by atoms with Gasteiger partial charge in [0.25, 0.3) is 20.2 Å². The van der Waals surface area contributed by atoms with Crippen molar-refractivity contribution in [3.63, 3.8) is 0 Å². The van der Waals surface area contributed by atoms with E-state index in [0.29, 0.717) is 45.3 Å². The van der Waals surface area contributed by atoms with E-state index in [1.54, 1.807) is 12.1 Å². The number of hydrogen-bond donors (Lipinski definition) is 3. The molecule has 2 heterocycles. The zero-order chi connectivity index (χ0) is 41.7. The zero-order valence-corrected chi connectivity index (χ0v) is 38.7. The fraction of sp³-hybridized carbons (Fsp3) is 0.413. The third-order valence-electron chi connectivity index (χ3n) is 11.7. The Kier molecular flexibility index (Phi) is 15.4. The van der Waals surface area contributed by atoms with Crippen LogP contribution >= 0.6 is 0 Å². The van der Waals surface area contributed by atoms with Crippen molar-refractivity contribution >= 4 is 37.3 Å². The molecule has 3 aliphatic rings. The average molecular weight is 851 g/mol. The van der Waals surface area contributed by atoms with E-state index in [1.165, 1.54) is 22.3 Å². The number of anilines is 1. The van der Waals surface area contributed by atoms with Crippen LogP contribution in [0.5, 0.6) is 5.75 Å². The summed E-state index contributed by atoms with van der Waals surface area (Å²) in [6.07, 6.45) is 14.3. The van der Waals surface area contributed by atoms with Crippen molar-refractivity contribution in [2.45, 2.75) is 89.9 Å². The third-order valence-corrected chi connectivity index (χ3v) is 13.3. The summed E-state index contributed by atoms with van der Waals surface area (Å²) in [7, 11) is -8.06. The molecule has 3 aromatic carbocycles. The van der Waals surface area contributed by atoms with E-state index in [9.17, 15) is 31.0 Å². The Morgan fingerprint density at radius 2 is 1.42 bits per heavy atom. The molecular weight excluding hydrogens is 794 g/mol. The third kappa shape index (κ3) is 11.5.